The van der Waals surface area contributed by atoms with Crippen LogP contribution in [0.15, 0.2) is 24.4 Å². The Morgan fingerprint density at radius 2 is 2.29 bits per heavy atom. The maximum atomic E-state index is 5.59. The number of rotatable bonds is 5. The molecule has 0 bridgehead atoms. The summed E-state index contributed by atoms with van der Waals surface area (Å²) in [5.41, 5.74) is 6.73. The fourth-order valence-electron chi connectivity index (χ4n) is 1.70. The van der Waals surface area contributed by atoms with Gasteiger partial charge in [0.25, 0.3) is 0 Å². The molecule has 1 aromatic heterocycles. The van der Waals surface area contributed by atoms with Crippen LogP contribution < -0.4 is 5.73 Å². The van der Waals surface area contributed by atoms with E-state index >= 15 is 0 Å². The number of pyridine rings is 1. The molecule has 0 aromatic carbocycles. The molecular formula is C11H17N3. The van der Waals surface area contributed by atoms with E-state index in [1.165, 1.54) is 12.8 Å². The van der Waals surface area contributed by atoms with Crippen LogP contribution in [0.3, 0.4) is 0 Å². The molecule has 76 valence electrons. The number of hydrogen-bond acceptors (Lipinski definition) is 3. The minimum atomic E-state index is 0.739. The van der Waals surface area contributed by atoms with Gasteiger partial charge in [-0.2, -0.15) is 0 Å². The van der Waals surface area contributed by atoms with Gasteiger partial charge < -0.3 is 5.73 Å². The summed E-state index contributed by atoms with van der Waals surface area (Å²) in [7, 11) is 0. The summed E-state index contributed by atoms with van der Waals surface area (Å²) in [6.07, 6.45) is 4.50. The van der Waals surface area contributed by atoms with Crippen LogP contribution in [-0.2, 0) is 6.54 Å². The Balaban J connectivity index is 1.93. The lowest BCUT2D eigenvalue weighted by Crippen LogP contribution is -2.31. The van der Waals surface area contributed by atoms with Crippen molar-refractivity contribution >= 4 is 0 Å². The normalized spacial score (nSPS) is 16.1. The summed E-state index contributed by atoms with van der Waals surface area (Å²) in [5, 5.41) is 0. The van der Waals surface area contributed by atoms with Crippen LogP contribution >= 0.6 is 0 Å². The second-order valence-corrected chi connectivity index (χ2v) is 3.81. The second-order valence-electron chi connectivity index (χ2n) is 3.81. The summed E-state index contributed by atoms with van der Waals surface area (Å²) in [4.78, 5) is 6.76. The number of hydrogen-bond donors (Lipinski definition) is 1. The molecule has 0 spiro atoms. The maximum absolute atomic E-state index is 5.59. The first-order chi connectivity index (χ1) is 6.90. The molecule has 0 atom stereocenters. The van der Waals surface area contributed by atoms with E-state index in [9.17, 15) is 0 Å². The van der Waals surface area contributed by atoms with Crippen molar-refractivity contribution in [2.24, 2.45) is 5.73 Å². The number of aromatic nitrogens is 1. The van der Waals surface area contributed by atoms with Crippen LogP contribution in [0.5, 0.6) is 0 Å². The summed E-state index contributed by atoms with van der Waals surface area (Å²) in [5.74, 6) is 0. The van der Waals surface area contributed by atoms with E-state index < -0.39 is 0 Å². The minimum absolute atomic E-state index is 0.739. The number of nitrogens with two attached hydrogens (primary N) is 1. The smallest absolute Gasteiger partial charge is 0.0544 e. The number of nitrogens with zero attached hydrogens (tertiary/aromatic N) is 2. The van der Waals surface area contributed by atoms with E-state index in [0.717, 1.165) is 31.4 Å². The Bertz CT molecular complexity index is 269. The van der Waals surface area contributed by atoms with Crippen molar-refractivity contribution in [2.45, 2.75) is 25.4 Å². The third-order valence-electron chi connectivity index (χ3n) is 2.57. The van der Waals surface area contributed by atoms with E-state index in [-0.39, 0.29) is 0 Å². The first-order valence-electron chi connectivity index (χ1n) is 5.24. The molecule has 1 aliphatic carbocycles. The Kier molecular flexibility index (Phi) is 3.11. The lowest BCUT2D eigenvalue weighted by molar-refractivity contribution is 0.259. The zero-order valence-electron chi connectivity index (χ0n) is 8.39. The van der Waals surface area contributed by atoms with Gasteiger partial charge in [-0.15, -0.1) is 0 Å². The van der Waals surface area contributed by atoms with E-state index in [2.05, 4.69) is 16.0 Å². The van der Waals surface area contributed by atoms with Crippen molar-refractivity contribution in [2.75, 3.05) is 13.1 Å². The van der Waals surface area contributed by atoms with Gasteiger partial charge in [0.05, 0.1) is 5.69 Å². The average molecular weight is 191 g/mol. The van der Waals surface area contributed by atoms with E-state index in [0.29, 0.717) is 0 Å². The first-order valence-corrected chi connectivity index (χ1v) is 5.24. The largest absolute Gasteiger partial charge is 0.329 e. The van der Waals surface area contributed by atoms with Gasteiger partial charge in [-0.05, 0) is 25.0 Å². The van der Waals surface area contributed by atoms with Gasteiger partial charge in [-0.1, -0.05) is 6.07 Å². The molecule has 0 amide bonds. The maximum Gasteiger partial charge on any atom is 0.0544 e. The van der Waals surface area contributed by atoms with Crippen molar-refractivity contribution in [3.63, 3.8) is 0 Å². The molecule has 2 N–H and O–H groups in total. The Morgan fingerprint density at radius 1 is 1.43 bits per heavy atom. The summed E-state index contributed by atoms with van der Waals surface area (Å²) >= 11 is 0. The molecule has 0 radical (unpaired) electrons. The Labute approximate surface area is 84.9 Å². The van der Waals surface area contributed by atoms with Gasteiger partial charge in [0.2, 0.25) is 0 Å². The predicted molar refractivity (Wildman–Crippen MR) is 56.7 cm³/mol. The van der Waals surface area contributed by atoms with Gasteiger partial charge in [-0.25, -0.2) is 0 Å². The quantitative estimate of drug-likeness (QED) is 0.755. The average Bonchev–Trinajstić information content (AvgIpc) is 3.02. The molecule has 14 heavy (non-hydrogen) atoms. The zero-order chi connectivity index (χ0) is 9.80. The molecule has 0 saturated heterocycles. The van der Waals surface area contributed by atoms with Crippen LogP contribution in [-0.4, -0.2) is 29.0 Å². The van der Waals surface area contributed by atoms with Crippen LogP contribution in [0.1, 0.15) is 18.5 Å². The van der Waals surface area contributed by atoms with Crippen LogP contribution in [0.2, 0.25) is 0 Å². The monoisotopic (exact) mass is 191 g/mol. The van der Waals surface area contributed by atoms with Crippen molar-refractivity contribution < 1.29 is 0 Å². The lowest BCUT2D eigenvalue weighted by atomic mass is 10.3. The van der Waals surface area contributed by atoms with Gasteiger partial charge >= 0.3 is 0 Å². The third kappa shape index (κ3) is 2.53. The van der Waals surface area contributed by atoms with E-state index in [1.54, 1.807) is 0 Å². The molecule has 1 aromatic rings. The zero-order valence-corrected chi connectivity index (χ0v) is 8.39. The Hall–Kier alpha value is -0.930. The van der Waals surface area contributed by atoms with Crippen molar-refractivity contribution in [1.29, 1.82) is 0 Å². The highest BCUT2D eigenvalue weighted by Crippen LogP contribution is 2.27. The fourth-order valence-corrected chi connectivity index (χ4v) is 1.70. The molecule has 1 saturated carbocycles. The topological polar surface area (TPSA) is 42.1 Å². The van der Waals surface area contributed by atoms with Gasteiger partial charge in [0.15, 0.2) is 0 Å². The highest BCUT2D eigenvalue weighted by atomic mass is 15.2. The van der Waals surface area contributed by atoms with E-state index in [1.807, 2.05) is 18.3 Å². The molecule has 1 heterocycles. The summed E-state index contributed by atoms with van der Waals surface area (Å²) in [6, 6.07) is 6.83. The Morgan fingerprint density at radius 3 is 2.86 bits per heavy atom. The van der Waals surface area contributed by atoms with Gasteiger partial charge in [0.1, 0.15) is 0 Å². The van der Waals surface area contributed by atoms with Crippen molar-refractivity contribution in [3.8, 4) is 0 Å². The van der Waals surface area contributed by atoms with E-state index in [4.69, 9.17) is 5.73 Å². The van der Waals surface area contributed by atoms with Gasteiger partial charge in [-0.3, -0.25) is 9.88 Å². The molecule has 3 heteroatoms. The summed E-state index contributed by atoms with van der Waals surface area (Å²) < 4.78 is 0. The molecule has 0 unspecified atom stereocenters. The lowest BCUT2D eigenvalue weighted by Gasteiger charge is -2.20. The van der Waals surface area contributed by atoms with Crippen LogP contribution in [0.4, 0.5) is 0 Å². The molecule has 0 aliphatic heterocycles. The SMILES string of the molecule is NCCN(Cc1ccccn1)C1CC1. The highest BCUT2D eigenvalue weighted by Gasteiger charge is 2.28. The predicted octanol–water partition coefficient (Wildman–Crippen LogP) is 1.00. The van der Waals surface area contributed by atoms with Crippen molar-refractivity contribution in [1.82, 2.24) is 9.88 Å². The molecule has 1 aliphatic rings. The molecule has 1 fully saturated rings. The van der Waals surface area contributed by atoms with Gasteiger partial charge in [0, 0.05) is 31.9 Å². The highest BCUT2D eigenvalue weighted by molar-refractivity contribution is 5.04. The third-order valence-corrected chi connectivity index (χ3v) is 2.57. The molecule has 3 nitrogen and oxygen atoms in total. The molecule has 2 rings (SSSR count). The first kappa shape index (κ1) is 9.62. The fraction of sp³-hybridized carbons (Fsp3) is 0.545. The van der Waals surface area contributed by atoms with Crippen molar-refractivity contribution in [3.05, 3.63) is 30.1 Å². The summed E-state index contributed by atoms with van der Waals surface area (Å²) in [6.45, 7) is 2.67. The van der Waals surface area contributed by atoms with Crippen LogP contribution in [0, 0.1) is 0 Å². The standard InChI is InChI=1S/C11H17N3/c12-6-8-14(11-4-5-11)9-10-3-1-2-7-13-10/h1-3,7,11H,4-6,8-9,12H2. The minimum Gasteiger partial charge on any atom is -0.329 e. The second kappa shape index (κ2) is 4.53. The van der Waals surface area contributed by atoms with Crippen LogP contribution in [0.25, 0.3) is 0 Å². The molecular weight excluding hydrogens is 174 g/mol.